The van der Waals surface area contributed by atoms with Crippen LogP contribution in [0.2, 0.25) is 0 Å². The van der Waals surface area contributed by atoms with Gasteiger partial charge in [-0.15, -0.1) is 0 Å². The quantitative estimate of drug-likeness (QED) is 0.767. The topological polar surface area (TPSA) is 27.1 Å². The van der Waals surface area contributed by atoms with Crippen molar-refractivity contribution in [3.05, 3.63) is 29.5 Å². The Labute approximate surface area is 107 Å². The molecule has 0 amide bonds. The minimum Gasteiger partial charge on any atom is -0.356 e. The molecule has 1 aromatic carbocycles. The highest BCUT2D eigenvalue weighted by Crippen LogP contribution is 2.30. The number of aryl methyl sites for hydroxylation is 2. The summed E-state index contributed by atoms with van der Waals surface area (Å²) in [6.07, 6.45) is 9.42. The molecule has 94 valence electrons. The number of fused-ring (bicyclic) bond motifs is 2. The van der Waals surface area contributed by atoms with Gasteiger partial charge in [-0.1, -0.05) is 0 Å². The fourth-order valence-corrected chi connectivity index (χ4v) is 3.26. The van der Waals surface area contributed by atoms with Crippen LogP contribution in [0.5, 0.6) is 0 Å². The van der Waals surface area contributed by atoms with Crippen LogP contribution < -0.4 is 0 Å². The molecular weight excluding hydrogens is 224 g/mol. The van der Waals surface area contributed by atoms with Gasteiger partial charge < -0.3 is 4.74 Å². The fourth-order valence-electron chi connectivity index (χ4n) is 3.26. The Balaban J connectivity index is 1.81. The lowest BCUT2D eigenvalue weighted by atomic mass is 10.1. The van der Waals surface area contributed by atoms with Crippen LogP contribution in [0.15, 0.2) is 18.3 Å². The number of hydrogen-bond acceptors (Lipinski definition) is 2. The van der Waals surface area contributed by atoms with E-state index in [1.807, 2.05) is 6.20 Å². The molecule has 4 rings (SSSR count). The lowest BCUT2D eigenvalue weighted by Gasteiger charge is -2.23. The minimum absolute atomic E-state index is 0.149. The van der Waals surface area contributed by atoms with Gasteiger partial charge in [0.25, 0.3) is 0 Å². The Morgan fingerprint density at radius 3 is 2.83 bits per heavy atom. The van der Waals surface area contributed by atoms with Crippen LogP contribution in [0.4, 0.5) is 0 Å². The number of nitrogens with zero attached hydrogens (tertiary/aromatic N) is 2. The first-order valence-electron chi connectivity index (χ1n) is 7.02. The molecule has 2 aliphatic rings. The molecule has 1 unspecified atom stereocenters. The maximum atomic E-state index is 5.85. The van der Waals surface area contributed by atoms with Gasteiger partial charge in [0.15, 0.2) is 6.23 Å². The zero-order valence-corrected chi connectivity index (χ0v) is 10.6. The number of rotatable bonds is 1. The average Bonchev–Trinajstić information content (AvgIpc) is 3.02. The lowest BCUT2D eigenvalue weighted by molar-refractivity contribution is -0.0366. The van der Waals surface area contributed by atoms with Gasteiger partial charge in [0.1, 0.15) is 0 Å². The summed E-state index contributed by atoms with van der Waals surface area (Å²) in [7, 11) is 0. The molecule has 1 aliphatic carbocycles. The third-order valence-corrected chi connectivity index (χ3v) is 4.24. The predicted molar refractivity (Wildman–Crippen MR) is 70.6 cm³/mol. The van der Waals surface area contributed by atoms with Crippen molar-refractivity contribution < 1.29 is 4.74 Å². The first kappa shape index (κ1) is 10.6. The van der Waals surface area contributed by atoms with E-state index in [2.05, 4.69) is 21.9 Å². The van der Waals surface area contributed by atoms with Crippen molar-refractivity contribution in [3.63, 3.8) is 0 Å². The molecule has 0 bridgehead atoms. The minimum atomic E-state index is 0.149. The average molecular weight is 242 g/mol. The summed E-state index contributed by atoms with van der Waals surface area (Å²) in [6.45, 7) is 0.872. The molecule has 18 heavy (non-hydrogen) atoms. The highest BCUT2D eigenvalue weighted by atomic mass is 16.5. The van der Waals surface area contributed by atoms with E-state index < -0.39 is 0 Å². The zero-order valence-electron chi connectivity index (χ0n) is 10.6. The van der Waals surface area contributed by atoms with Crippen molar-refractivity contribution in [1.29, 1.82) is 0 Å². The summed E-state index contributed by atoms with van der Waals surface area (Å²) in [6, 6.07) is 4.66. The van der Waals surface area contributed by atoms with Gasteiger partial charge in [0.2, 0.25) is 0 Å². The summed E-state index contributed by atoms with van der Waals surface area (Å²) >= 11 is 0. The summed E-state index contributed by atoms with van der Waals surface area (Å²) < 4.78 is 7.94. The number of hydrogen-bond donors (Lipinski definition) is 0. The molecule has 0 N–H and O–H groups in total. The van der Waals surface area contributed by atoms with Crippen LogP contribution in [0.25, 0.3) is 10.9 Å². The van der Waals surface area contributed by atoms with Crippen LogP contribution in [0, 0.1) is 0 Å². The summed E-state index contributed by atoms with van der Waals surface area (Å²) in [5.74, 6) is 0. The SMILES string of the molecule is c1nn(C2CCCCO2)c2cc3c(cc12)CCC3. The summed E-state index contributed by atoms with van der Waals surface area (Å²) in [5, 5.41) is 5.82. The van der Waals surface area contributed by atoms with Crippen LogP contribution in [-0.2, 0) is 17.6 Å². The second kappa shape index (κ2) is 4.09. The predicted octanol–water partition coefficient (Wildman–Crippen LogP) is 3.22. The van der Waals surface area contributed by atoms with E-state index >= 15 is 0 Å². The Morgan fingerprint density at radius 2 is 2.00 bits per heavy atom. The van der Waals surface area contributed by atoms with Gasteiger partial charge in [0.05, 0.1) is 11.7 Å². The van der Waals surface area contributed by atoms with Gasteiger partial charge in [-0.2, -0.15) is 5.10 Å². The van der Waals surface area contributed by atoms with Crippen LogP contribution >= 0.6 is 0 Å². The van der Waals surface area contributed by atoms with E-state index in [4.69, 9.17) is 4.74 Å². The molecule has 3 heteroatoms. The second-order valence-electron chi connectivity index (χ2n) is 5.44. The Kier molecular flexibility index (Phi) is 2.40. The molecular formula is C15H18N2O. The first-order chi connectivity index (χ1) is 8.92. The van der Waals surface area contributed by atoms with E-state index in [1.165, 1.54) is 54.1 Å². The molecule has 1 atom stereocenters. The van der Waals surface area contributed by atoms with Crippen LogP contribution in [0.1, 0.15) is 43.0 Å². The molecule has 0 spiro atoms. The van der Waals surface area contributed by atoms with Crippen molar-refractivity contribution in [2.24, 2.45) is 0 Å². The van der Waals surface area contributed by atoms with Crippen molar-refractivity contribution in [2.75, 3.05) is 6.61 Å². The molecule has 1 fully saturated rings. The molecule has 1 aliphatic heterocycles. The molecule has 2 aromatic rings. The summed E-state index contributed by atoms with van der Waals surface area (Å²) in [5.41, 5.74) is 4.29. The first-order valence-corrected chi connectivity index (χ1v) is 7.02. The fraction of sp³-hybridized carbons (Fsp3) is 0.533. The van der Waals surface area contributed by atoms with E-state index in [9.17, 15) is 0 Å². The third kappa shape index (κ3) is 1.57. The van der Waals surface area contributed by atoms with Crippen molar-refractivity contribution in [2.45, 2.75) is 44.8 Å². The van der Waals surface area contributed by atoms with Crippen molar-refractivity contribution in [1.82, 2.24) is 9.78 Å². The van der Waals surface area contributed by atoms with Gasteiger partial charge in [-0.3, -0.25) is 0 Å². The smallest absolute Gasteiger partial charge is 0.150 e. The monoisotopic (exact) mass is 242 g/mol. The summed E-state index contributed by atoms with van der Waals surface area (Å²) in [4.78, 5) is 0. The van der Waals surface area contributed by atoms with Crippen molar-refractivity contribution >= 4 is 10.9 Å². The van der Waals surface area contributed by atoms with Crippen molar-refractivity contribution in [3.8, 4) is 0 Å². The van der Waals surface area contributed by atoms with E-state index in [0.717, 1.165) is 13.0 Å². The normalized spacial score (nSPS) is 23.4. The van der Waals surface area contributed by atoms with Gasteiger partial charge in [-0.25, -0.2) is 4.68 Å². The van der Waals surface area contributed by atoms with Crippen LogP contribution in [0.3, 0.4) is 0 Å². The second-order valence-corrected chi connectivity index (χ2v) is 5.44. The molecule has 1 saturated heterocycles. The number of ether oxygens (including phenoxy) is 1. The number of benzene rings is 1. The molecule has 0 saturated carbocycles. The standard InChI is InChI=1S/C15H18N2O/c1-2-7-18-15(6-1)17-14-9-12-5-3-4-11(12)8-13(14)10-16-17/h8-10,15H,1-7H2. The van der Waals surface area contributed by atoms with Gasteiger partial charge in [-0.05, 0) is 61.8 Å². The third-order valence-electron chi connectivity index (χ3n) is 4.24. The highest BCUT2D eigenvalue weighted by Gasteiger charge is 2.20. The maximum absolute atomic E-state index is 5.85. The lowest BCUT2D eigenvalue weighted by Crippen LogP contribution is -2.18. The van der Waals surface area contributed by atoms with E-state index in [-0.39, 0.29) is 6.23 Å². The maximum Gasteiger partial charge on any atom is 0.150 e. The largest absolute Gasteiger partial charge is 0.356 e. The Hall–Kier alpha value is -1.35. The van der Waals surface area contributed by atoms with Crippen LogP contribution in [-0.4, -0.2) is 16.4 Å². The van der Waals surface area contributed by atoms with E-state index in [0.29, 0.717) is 0 Å². The number of aromatic nitrogens is 2. The molecule has 0 radical (unpaired) electrons. The molecule has 2 heterocycles. The molecule has 1 aromatic heterocycles. The van der Waals surface area contributed by atoms with Gasteiger partial charge >= 0.3 is 0 Å². The zero-order chi connectivity index (χ0) is 11.9. The Morgan fingerprint density at radius 1 is 1.11 bits per heavy atom. The molecule has 3 nitrogen and oxygen atoms in total. The highest BCUT2D eigenvalue weighted by molar-refractivity contribution is 5.81. The van der Waals surface area contributed by atoms with E-state index in [1.54, 1.807) is 0 Å². The van der Waals surface area contributed by atoms with Gasteiger partial charge in [0, 0.05) is 12.0 Å². The Bertz CT molecular complexity index is 581.